The molecule has 0 spiro atoms. The summed E-state index contributed by atoms with van der Waals surface area (Å²) in [5, 5.41) is 7.80. The number of benzene rings is 3. The minimum atomic E-state index is -0.923. The van der Waals surface area contributed by atoms with Gasteiger partial charge < -0.3 is 14.8 Å². The summed E-state index contributed by atoms with van der Waals surface area (Å²) in [5.74, 6) is -0.827. The van der Waals surface area contributed by atoms with Gasteiger partial charge in [0.05, 0.1) is 12.8 Å². The van der Waals surface area contributed by atoms with Crippen molar-refractivity contribution in [1.82, 2.24) is 5.43 Å². The number of amides is 2. The van der Waals surface area contributed by atoms with Crippen LogP contribution >= 0.6 is 34.8 Å². The number of carbonyl (C=O) groups excluding carboxylic acids is 2. The van der Waals surface area contributed by atoms with Crippen molar-refractivity contribution >= 4 is 58.5 Å². The van der Waals surface area contributed by atoms with Crippen LogP contribution in [0.2, 0.25) is 15.1 Å². The number of nitrogens with one attached hydrogen (secondary N) is 2. The lowest BCUT2D eigenvalue weighted by Crippen LogP contribution is -2.32. The third kappa shape index (κ3) is 7.12. The van der Waals surface area contributed by atoms with Crippen LogP contribution in [0.5, 0.6) is 11.5 Å². The lowest BCUT2D eigenvalue weighted by Gasteiger charge is -2.14. The average Bonchev–Trinajstić information content (AvgIpc) is 2.81. The highest BCUT2D eigenvalue weighted by molar-refractivity contribution is 6.39. The second-order valence-electron chi connectivity index (χ2n) is 6.79. The van der Waals surface area contributed by atoms with E-state index in [1.165, 1.54) is 6.21 Å². The van der Waals surface area contributed by atoms with Crippen LogP contribution in [0.4, 0.5) is 5.69 Å². The van der Waals surface area contributed by atoms with Crippen molar-refractivity contribution in [2.24, 2.45) is 5.10 Å². The van der Waals surface area contributed by atoms with Crippen LogP contribution in [0, 0.1) is 0 Å². The maximum atomic E-state index is 12.0. The molecule has 2 amide bonds. The Bertz CT molecular complexity index is 1180. The molecule has 3 aromatic carbocycles. The third-order valence-electron chi connectivity index (χ3n) is 4.39. The zero-order chi connectivity index (χ0) is 24.5. The lowest BCUT2D eigenvalue weighted by atomic mass is 10.2. The highest BCUT2D eigenvalue weighted by atomic mass is 35.5. The van der Waals surface area contributed by atoms with E-state index in [4.69, 9.17) is 44.3 Å². The number of carbonyl (C=O) groups is 2. The molecular weight excluding hydrogens is 501 g/mol. The summed E-state index contributed by atoms with van der Waals surface area (Å²) in [6.45, 7) is 2.41. The molecule has 34 heavy (non-hydrogen) atoms. The van der Waals surface area contributed by atoms with E-state index < -0.39 is 11.8 Å². The Hall–Kier alpha value is -3.26. The summed E-state index contributed by atoms with van der Waals surface area (Å²) in [4.78, 5) is 23.9. The second kappa shape index (κ2) is 12.3. The van der Waals surface area contributed by atoms with Crippen LogP contribution in [0.3, 0.4) is 0 Å². The molecule has 0 radical (unpaired) electrons. The van der Waals surface area contributed by atoms with Crippen molar-refractivity contribution in [2.45, 2.75) is 13.5 Å². The first-order valence-electron chi connectivity index (χ1n) is 10.1. The van der Waals surface area contributed by atoms with Crippen molar-refractivity contribution in [3.63, 3.8) is 0 Å². The summed E-state index contributed by atoms with van der Waals surface area (Å²) < 4.78 is 11.5. The molecule has 0 fully saturated rings. The number of hydrogen-bond donors (Lipinski definition) is 2. The summed E-state index contributed by atoms with van der Waals surface area (Å²) in [5.41, 5.74) is 3.89. The Balaban J connectivity index is 1.61. The monoisotopic (exact) mass is 519 g/mol. The zero-order valence-electron chi connectivity index (χ0n) is 18.0. The van der Waals surface area contributed by atoms with Crippen molar-refractivity contribution in [2.75, 3.05) is 11.9 Å². The fourth-order valence-electron chi connectivity index (χ4n) is 2.75. The van der Waals surface area contributed by atoms with Crippen LogP contribution in [0.1, 0.15) is 18.1 Å². The molecule has 0 aliphatic heterocycles. The van der Waals surface area contributed by atoms with Crippen molar-refractivity contribution in [1.29, 1.82) is 0 Å². The largest absolute Gasteiger partial charge is 0.490 e. The molecule has 0 saturated heterocycles. The van der Waals surface area contributed by atoms with Crippen molar-refractivity contribution < 1.29 is 19.1 Å². The predicted octanol–water partition coefficient (Wildman–Crippen LogP) is 5.71. The number of hydrazone groups is 1. The van der Waals surface area contributed by atoms with Crippen LogP contribution in [-0.2, 0) is 16.2 Å². The van der Waals surface area contributed by atoms with Crippen LogP contribution < -0.4 is 20.2 Å². The zero-order valence-corrected chi connectivity index (χ0v) is 20.2. The minimum Gasteiger partial charge on any atom is -0.490 e. The molecule has 0 atom stereocenters. The Morgan fingerprint density at radius 2 is 1.62 bits per heavy atom. The van der Waals surface area contributed by atoms with E-state index in [1.54, 1.807) is 60.7 Å². The summed E-state index contributed by atoms with van der Waals surface area (Å²) in [6.07, 6.45) is 1.38. The molecule has 3 rings (SSSR count). The number of ether oxygens (including phenoxy) is 2. The average molecular weight is 521 g/mol. The molecule has 0 unspecified atom stereocenters. The van der Waals surface area contributed by atoms with Gasteiger partial charge in [-0.1, -0.05) is 40.9 Å². The van der Waals surface area contributed by atoms with E-state index in [1.807, 2.05) is 6.92 Å². The van der Waals surface area contributed by atoms with Gasteiger partial charge in [0, 0.05) is 26.3 Å². The predicted molar refractivity (Wildman–Crippen MR) is 134 cm³/mol. The number of halogens is 3. The van der Waals surface area contributed by atoms with Gasteiger partial charge in [0.2, 0.25) is 0 Å². The SMILES string of the molecule is CCOc1cc(C=NNC(=O)C(=O)Nc2ccc(Cl)cc2)ccc1OCc1c(Cl)cccc1Cl. The van der Waals surface area contributed by atoms with Gasteiger partial charge in [0.15, 0.2) is 11.5 Å². The van der Waals surface area contributed by atoms with E-state index in [2.05, 4.69) is 15.8 Å². The highest BCUT2D eigenvalue weighted by Crippen LogP contribution is 2.31. The van der Waals surface area contributed by atoms with Crippen molar-refractivity contribution in [3.05, 3.63) is 86.9 Å². The van der Waals surface area contributed by atoms with E-state index >= 15 is 0 Å². The number of anilines is 1. The summed E-state index contributed by atoms with van der Waals surface area (Å²) in [7, 11) is 0. The molecule has 0 saturated carbocycles. The fourth-order valence-corrected chi connectivity index (χ4v) is 3.38. The first kappa shape index (κ1) is 25.4. The van der Waals surface area contributed by atoms with Gasteiger partial charge in [-0.05, 0) is 67.1 Å². The van der Waals surface area contributed by atoms with Crippen LogP contribution in [-0.4, -0.2) is 24.6 Å². The maximum Gasteiger partial charge on any atom is 0.329 e. The third-order valence-corrected chi connectivity index (χ3v) is 5.35. The quantitative estimate of drug-likeness (QED) is 0.226. The fraction of sp³-hybridized carbons (Fsp3) is 0.125. The van der Waals surface area contributed by atoms with Gasteiger partial charge in [-0.3, -0.25) is 9.59 Å². The number of nitrogens with zero attached hydrogens (tertiary/aromatic N) is 1. The van der Waals surface area contributed by atoms with E-state index in [0.717, 1.165) is 0 Å². The summed E-state index contributed by atoms with van der Waals surface area (Å²) in [6, 6.07) is 16.7. The van der Waals surface area contributed by atoms with E-state index in [-0.39, 0.29) is 6.61 Å². The number of hydrogen-bond acceptors (Lipinski definition) is 5. The molecule has 10 heteroatoms. The molecule has 0 aliphatic carbocycles. The second-order valence-corrected chi connectivity index (χ2v) is 8.04. The molecule has 0 heterocycles. The molecule has 7 nitrogen and oxygen atoms in total. The smallest absolute Gasteiger partial charge is 0.329 e. The topological polar surface area (TPSA) is 89.0 Å². The highest BCUT2D eigenvalue weighted by Gasteiger charge is 2.13. The summed E-state index contributed by atoms with van der Waals surface area (Å²) >= 11 is 18.2. The molecule has 0 bridgehead atoms. The molecule has 0 aliphatic rings. The first-order valence-corrected chi connectivity index (χ1v) is 11.2. The van der Waals surface area contributed by atoms with Gasteiger partial charge in [0.25, 0.3) is 0 Å². The molecular formula is C24H20Cl3N3O4. The van der Waals surface area contributed by atoms with E-state index in [0.29, 0.717) is 50.0 Å². The Morgan fingerprint density at radius 1 is 0.912 bits per heavy atom. The Labute approximate surface area is 211 Å². The maximum absolute atomic E-state index is 12.0. The standard InChI is InChI=1S/C24H20Cl3N3O4/c1-2-33-22-12-15(6-11-21(22)34-14-18-19(26)4-3-5-20(18)27)13-28-30-24(32)23(31)29-17-9-7-16(25)8-10-17/h3-13H,2,14H2,1H3,(H,29,31)(H,30,32). The van der Waals surface area contributed by atoms with E-state index in [9.17, 15) is 9.59 Å². The normalized spacial score (nSPS) is 10.7. The molecule has 176 valence electrons. The first-order chi connectivity index (χ1) is 16.4. The van der Waals surface area contributed by atoms with Crippen molar-refractivity contribution in [3.8, 4) is 11.5 Å². The molecule has 3 aromatic rings. The van der Waals surface area contributed by atoms with Gasteiger partial charge in [-0.15, -0.1) is 0 Å². The van der Waals surface area contributed by atoms with Crippen LogP contribution in [0.15, 0.2) is 65.8 Å². The van der Waals surface area contributed by atoms with Crippen LogP contribution in [0.25, 0.3) is 0 Å². The Morgan fingerprint density at radius 3 is 2.29 bits per heavy atom. The molecule has 2 N–H and O–H groups in total. The minimum absolute atomic E-state index is 0.158. The van der Waals surface area contributed by atoms with Gasteiger partial charge in [-0.2, -0.15) is 5.10 Å². The van der Waals surface area contributed by atoms with Gasteiger partial charge in [0.1, 0.15) is 6.61 Å². The van der Waals surface area contributed by atoms with Gasteiger partial charge >= 0.3 is 11.8 Å². The lowest BCUT2D eigenvalue weighted by molar-refractivity contribution is -0.136. The Kier molecular flexibility index (Phi) is 9.16. The van der Waals surface area contributed by atoms with Gasteiger partial charge in [-0.25, -0.2) is 5.43 Å². The number of rotatable bonds is 8. The molecule has 0 aromatic heterocycles.